The molecule has 0 unspecified atom stereocenters. The molecule has 0 atom stereocenters. The van der Waals surface area contributed by atoms with Crippen molar-refractivity contribution < 1.29 is 14.6 Å². The fourth-order valence-electron chi connectivity index (χ4n) is 1.75. The summed E-state index contributed by atoms with van der Waals surface area (Å²) in [5, 5.41) is 13.7. The standard InChI is InChI=1S/C13H21N3O4/c1-13(2,19)9-15(3)12(18)10-5-6-11(17)16(14-10)7-8-20-4/h5-6,19H,7-9H2,1-4H3. The SMILES string of the molecule is COCCn1nc(C(=O)N(C)CC(C)(C)O)ccc1=O. The van der Waals surface area contributed by atoms with Crippen LogP contribution in [-0.2, 0) is 11.3 Å². The number of carbonyl (C=O) groups excluding carboxylic acids is 1. The highest BCUT2D eigenvalue weighted by molar-refractivity contribution is 5.91. The lowest BCUT2D eigenvalue weighted by atomic mass is 10.1. The Kier molecular flexibility index (Phi) is 5.41. The first kappa shape index (κ1) is 16.3. The maximum atomic E-state index is 12.2. The third-order valence-electron chi connectivity index (χ3n) is 2.56. The molecule has 0 saturated carbocycles. The normalized spacial score (nSPS) is 11.4. The summed E-state index contributed by atoms with van der Waals surface area (Å²) in [7, 11) is 3.10. The number of nitrogens with zero attached hydrogens (tertiary/aromatic N) is 3. The molecule has 1 N–H and O–H groups in total. The summed E-state index contributed by atoms with van der Waals surface area (Å²) in [4.78, 5) is 25.1. The van der Waals surface area contributed by atoms with Crippen molar-refractivity contribution in [2.24, 2.45) is 0 Å². The Morgan fingerprint density at radius 1 is 1.50 bits per heavy atom. The molecule has 0 aliphatic heterocycles. The van der Waals surface area contributed by atoms with Crippen molar-refractivity contribution in [1.29, 1.82) is 0 Å². The molecule has 0 aliphatic carbocycles. The van der Waals surface area contributed by atoms with Gasteiger partial charge in [0.15, 0.2) is 0 Å². The van der Waals surface area contributed by atoms with Crippen LogP contribution in [0.5, 0.6) is 0 Å². The number of carbonyl (C=O) groups is 1. The minimum atomic E-state index is -0.991. The van der Waals surface area contributed by atoms with Crippen molar-refractivity contribution in [2.75, 3.05) is 27.3 Å². The summed E-state index contributed by atoms with van der Waals surface area (Å²) >= 11 is 0. The lowest BCUT2D eigenvalue weighted by Crippen LogP contribution is -2.40. The van der Waals surface area contributed by atoms with Gasteiger partial charge in [0.05, 0.1) is 18.8 Å². The Hall–Kier alpha value is -1.73. The fraction of sp³-hybridized carbons (Fsp3) is 0.615. The number of ether oxygens (including phenoxy) is 1. The summed E-state index contributed by atoms with van der Waals surface area (Å²) in [5.74, 6) is -0.349. The zero-order valence-corrected chi connectivity index (χ0v) is 12.3. The van der Waals surface area contributed by atoms with Crippen molar-refractivity contribution >= 4 is 5.91 Å². The van der Waals surface area contributed by atoms with Gasteiger partial charge in [-0.1, -0.05) is 0 Å². The summed E-state index contributed by atoms with van der Waals surface area (Å²) in [6.45, 7) is 4.02. The summed E-state index contributed by atoms with van der Waals surface area (Å²) in [6.07, 6.45) is 0. The average Bonchev–Trinajstić information content (AvgIpc) is 2.35. The highest BCUT2D eigenvalue weighted by atomic mass is 16.5. The molecule has 0 aliphatic rings. The Bertz CT molecular complexity index is 519. The molecule has 0 spiro atoms. The van der Waals surface area contributed by atoms with E-state index < -0.39 is 5.60 Å². The number of amides is 1. The molecule has 0 fully saturated rings. The monoisotopic (exact) mass is 283 g/mol. The lowest BCUT2D eigenvalue weighted by Gasteiger charge is -2.25. The topological polar surface area (TPSA) is 84.7 Å². The van der Waals surface area contributed by atoms with Crippen LogP contribution in [0.2, 0.25) is 0 Å². The van der Waals surface area contributed by atoms with Gasteiger partial charge in [0.1, 0.15) is 5.69 Å². The van der Waals surface area contributed by atoms with Gasteiger partial charge in [-0.15, -0.1) is 0 Å². The second-order valence-corrected chi connectivity index (χ2v) is 5.25. The number of aromatic nitrogens is 2. The molecule has 1 heterocycles. The first-order valence-corrected chi connectivity index (χ1v) is 6.29. The first-order valence-electron chi connectivity index (χ1n) is 6.29. The third-order valence-corrected chi connectivity index (χ3v) is 2.56. The van der Waals surface area contributed by atoms with Gasteiger partial charge in [0.2, 0.25) is 0 Å². The zero-order chi connectivity index (χ0) is 15.3. The molecule has 20 heavy (non-hydrogen) atoms. The van der Waals surface area contributed by atoms with E-state index in [0.717, 1.165) is 0 Å². The van der Waals surface area contributed by atoms with Gasteiger partial charge in [-0.2, -0.15) is 5.10 Å². The number of likely N-dealkylation sites (N-methyl/N-ethyl adjacent to an activating group) is 1. The van der Waals surface area contributed by atoms with Crippen LogP contribution in [0.4, 0.5) is 0 Å². The van der Waals surface area contributed by atoms with Gasteiger partial charge in [-0.25, -0.2) is 4.68 Å². The number of hydrogen-bond donors (Lipinski definition) is 1. The van der Waals surface area contributed by atoms with Crippen molar-refractivity contribution in [1.82, 2.24) is 14.7 Å². The van der Waals surface area contributed by atoms with Gasteiger partial charge in [0.25, 0.3) is 11.5 Å². The number of rotatable bonds is 6. The zero-order valence-electron chi connectivity index (χ0n) is 12.3. The minimum absolute atomic E-state index is 0.160. The van der Waals surface area contributed by atoms with Crippen LogP contribution in [0.3, 0.4) is 0 Å². The Morgan fingerprint density at radius 2 is 2.15 bits per heavy atom. The summed E-state index contributed by atoms with van der Waals surface area (Å²) in [5.41, 5.74) is -1.12. The molecule has 112 valence electrons. The van der Waals surface area contributed by atoms with Crippen LogP contribution >= 0.6 is 0 Å². The highest BCUT2D eigenvalue weighted by Gasteiger charge is 2.21. The van der Waals surface area contributed by atoms with Gasteiger partial charge >= 0.3 is 0 Å². The van der Waals surface area contributed by atoms with E-state index in [-0.39, 0.29) is 30.2 Å². The van der Waals surface area contributed by atoms with Crippen LogP contribution in [0.25, 0.3) is 0 Å². The van der Waals surface area contributed by atoms with E-state index in [2.05, 4.69) is 5.10 Å². The molecule has 7 heteroatoms. The number of hydrogen-bond acceptors (Lipinski definition) is 5. The molecule has 7 nitrogen and oxygen atoms in total. The molecule has 0 aromatic carbocycles. The quantitative estimate of drug-likeness (QED) is 0.777. The first-order chi connectivity index (χ1) is 9.24. The highest BCUT2D eigenvalue weighted by Crippen LogP contribution is 2.06. The molecular weight excluding hydrogens is 262 g/mol. The molecule has 1 aromatic rings. The van der Waals surface area contributed by atoms with Gasteiger partial charge in [0, 0.05) is 26.8 Å². The van der Waals surface area contributed by atoms with E-state index in [1.165, 1.54) is 28.8 Å². The van der Waals surface area contributed by atoms with Gasteiger partial charge in [-0.05, 0) is 19.9 Å². The van der Waals surface area contributed by atoms with Gasteiger partial charge in [-0.3, -0.25) is 9.59 Å². The lowest BCUT2D eigenvalue weighted by molar-refractivity contribution is 0.0363. The van der Waals surface area contributed by atoms with Crippen LogP contribution < -0.4 is 5.56 Å². The van der Waals surface area contributed by atoms with Crippen molar-refractivity contribution in [3.8, 4) is 0 Å². The van der Waals surface area contributed by atoms with E-state index in [4.69, 9.17) is 4.74 Å². The van der Waals surface area contributed by atoms with Crippen LogP contribution in [0, 0.1) is 0 Å². The van der Waals surface area contributed by atoms with E-state index in [0.29, 0.717) is 6.61 Å². The Balaban J connectivity index is 2.90. The largest absolute Gasteiger partial charge is 0.389 e. The molecular formula is C13H21N3O4. The van der Waals surface area contributed by atoms with Crippen molar-refractivity contribution in [3.63, 3.8) is 0 Å². The van der Waals surface area contributed by atoms with E-state index in [1.807, 2.05) is 0 Å². The van der Waals surface area contributed by atoms with E-state index in [9.17, 15) is 14.7 Å². The van der Waals surface area contributed by atoms with Crippen LogP contribution in [0.1, 0.15) is 24.3 Å². The van der Waals surface area contributed by atoms with E-state index in [1.54, 1.807) is 20.9 Å². The number of aliphatic hydroxyl groups is 1. The maximum Gasteiger partial charge on any atom is 0.274 e. The fourth-order valence-corrected chi connectivity index (χ4v) is 1.75. The smallest absolute Gasteiger partial charge is 0.274 e. The van der Waals surface area contributed by atoms with Crippen LogP contribution in [0.15, 0.2) is 16.9 Å². The minimum Gasteiger partial charge on any atom is -0.389 e. The average molecular weight is 283 g/mol. The molecule has 0 saturated heterocycles. The molecule has 1 aromatic heterocycles. The maximum absolute atomic E-state index is 12.2. The predicted octanol–water partition coefficient (Wildman–Crippen LogP) is -0.267. The van der Waals surface area contributed by atoms with Crippen molar-refractivity contribution in [3.05, 3.63) is 28.2 Å². The summed E-state index contributed by atoms with van der Waals surface area (Å²) in [6, 6.07) is 2.68. The van der Waals surface area contributed by atoms with Crippen molar-refractivity contribution in [2.45, 2.75) is 26.0 Å². The van der Waals surface area contributed by atoms with Gasteiger partial charge < -0.3 is 14.7 Å². The second kappa shape index (κ2) is 6.62. The Morgan fingerprint density at radius 3 is 2.70 bits per heavy atom. The molecule has 0 bridgehead atoms. The molecule has 0 radical (unpaired) electrons. The summed E-state index contributed by atoms with van der Waals surface area (Å²) < 4.78 is 6.08. The number of methoxy groups -OCH3 is 1. The van der Waals surface area contributed by atoms with Crippen LogP contribution in [-0.4, -0.2) is 58.6 Å². The predicted molar refractivity (Wildman–Crippen MR) is 73.6 cm³/mol. The van der Waals surface area contributed by atoms with E-state index >= 15 is 0 Å². The molecule has 1 rings (SSSR count). The third kappa shape index (κ3) is 4.75. The Labute approximate surface area is 117 Å². The second-order valence-electron chi connectivity index (χ2n) is 5.25. The molecule has 1 amide bonds.